The molecular weight excluding hydrogens is 425 g/mol. The number of aliphatic imine (C=N–C) groups is 1. The molecule has 138 valence electrons. The van der Waals surface area contributed by atoms with Crippen LogP contribution in [0.25, 0.3) is 0 Å². The lowest BCUT2D eigenvalue weighted by molar-refractivity contribution is 0.730. The maximum absolute atomic E-state index is 6.12. The molecule has 0 atom stereocenters. The molecule has 1 aromatic heterocycles. The van der Waals surface area contributed by atoms with Gasteiger partial charge in [0.15, 0.2) is 5.96 Å². The van der Waals surface area contributed by atoms with Gasteiger partial charge in [0.1, 0.15) is 0 Å². The highest BCUT2D eigenvalue weighted by Crippen LogP contribution is 2.22. The number of hydrogen-bond acceptors (Lipinski definition) is 2. The monoisotopic (exact) mass is 455 g/mol. The standard InChI is InChI=1S/C19H29N5.HI/c1-6-15-9-8-10-16(7-2)18(15)22-19(20)21-12-11-17-13(3)23-24(5)14(17)4;/h8-10H,6-7,11-12H2,1-5H3,(H3,20,21,22);1H. The third-order valence-electron chi connectivity index (χ3n) is 4.55. The van der Waals surface area contributed by atoms with Crippen LogP contribution in [-0.2, 0) is 26.3 Å². The van der Waals surface area contributed by atoms with Crippen molar-refractivity contribution in [2.75, 3.05) is 11.9 Å². The van der Waals surface area contributed by atoms with E-state index in [1.54, 1.807) is 0 Å². The first-order valence-electron chi connectivity index (χ1n) is 8.64. The molecule has 0 unspecified atom stereocenters. The zero-order valence-corrected chi connectivity index (χ0v) is 18.2. The fraction of sp³-hybridized carbons (Fsp3) is 0.474. The molecular formula is C19H30IN5. The average molecular weight is 455 g/mol. The van der Waals surface area contributed by atoms with Crippen LogP contribution in [0.15, 0.2) is 23.2 Å². The Balaban J connectivity index is 0.00000312. The lowest BCUT2D eigenvalue weighted by atomic mass is 10.0. The normalized spacial score (nSPS) is 11.3. The highest BCUT2D eigenvalue weighted by Gasteiger charge is 2.09. The molecule has 2 aromatic rings. The van der Waals surface area contributed by atoms with Gasteiger partial charge < -0.3 is 11.1 Å². The molecule has 0 aliphatic carbocycles. The predicted molar refractivity (Wildman–Crippen MR) is 117 cm³/mol. The first kappa shape index (κ1) is 21.5. The molecule has 5 nitrogen and oxygen atoms in total. The van der Waals surface area contributed by atoms with Crippen molar-refractivity contribution < 1.29 is 0 Å². The maximum atomic E-state index is 6.12. The van der Waals surface area contributed by atoms with Crippen molar-refractivity contribution in [1.82, 2.24) is 9.78 Å². The number of nitrogens with two attached hydrogens (primary N) is 1. The third kappa shape index (κ3) is 5.20. The Labute approximate surface area is 168 Å². The zero-order chi connectivity index (χ0) is 17.7. The Morgan fingerprint density at radius 2 is 1.80 bits per heavy atom. The highest BCUT2D eigenvalue weighted by atomic mass is 127. The number of nitrogens with one attached hydrogen (secondary N) is 1. The number of anilines is 1. The van der Waals surface area contributed by atoms with Crippen molar-refractivity contribution in [3.8, 4) is 0 Å². The first-order chi connectivity index (χ1) is 11.5. The van der Waals surface area contributed by atoms with Crippen LogP contribution in [0.2, 0.25) is 0 Å². The first-order valence-corrected chi connectivity index (χ1v) is 8.64. The minimum Gasteiger partial charge on any atom is -0.370 e. The molecule has 0 aliphatic heterocycles. The summed E-state index contributed by atoms with van der Waals surface area (Å²) in [7, 11) is 1.97. The summed E-state index contributed by atoms with van der Waals surface area (Å²) < 4.78 is 1.92. The molecule has 3 N–H and O–H groups in total. The van der Waals surface area contributed by atoms with Gasteiger partial charge in [0, 0.05) is 25.0 Å². The van der Waals surface area contributed by atoms with Crippen molar-refractivity contribution in [1.29, 1.82) is 0 Å². The summed E-state index contributed by atoms with van der Waals surface area (Å²) in [6.07, 6.45) is 2.79. The molecule has 0 saturated heterocycles. The summed E-state index contributed by atoms with van der Waals surface area (Å²) in [6, 6.07) is 6.37. The molecule has 0 radical (unpaired) electrons. The largest absolute Gasteiger partial charge is 0.370 e. The van der Waals surface area contributed by atoms with Crippen molar-refractivity contribution in [2.45, 2.75) is 47.0 Å². The Kier molecular flexibility index (Phi) is 8.41. The second-order valence-electron chi connectivity index (χ2n) is 6.07. The van der Waals surface area contributed by atoms with Gasteiger partial charge in [-0.05, 0) is 49.8 Å². The van der Waals surface area contributed by atoms with Gasteiger partial charge in [0.2, 0.25) is 0 Å². The molecule has 0 saturated carbocycles. The fourth-order valence-corrected chi connectivity index (χ4v) is 3.04. The molecule has 0 spiro atoms. The number of halogens is 1. The Morgan fingerprint density at radius 1 is 1.20 bits per heavy atom. The number of hydrogen-bond donors (Lipinski definition) is 2. The number of rotatable bonds is 6. The van der Waals surface area contributed by atoms with Gasteiger partial charge in [-0.2, -0.15) is 5.10 Å². The van der Waals surface area contributed by atoms with E-state index in [0.717, 1.165) is 30.6 Å². The third-order valence-corrected chi connectivity index (χ3v) is 4.55. The quantitative estimate of drug-likeness (QED) is 0.396. The van der Waals surface area contributed by atoms with Gasteiger partial charge >= 0.3 is 0 Å². The number of nitrogens with zero attached hydrogens (tertiary/aromatic N) is 3. The zero-order valence-electron chi connectivity index (χ0n) is 15.9. The van der Waals surface area contributed by atoms with Crippen LogP contribution in [0.4, 0.5) is 5.69 Å². The predicted octanol–water partition coefficient (Wildman–Crippen LogP) is 3.75. The van der Waals surface area contributed by atoms with Crippen molar-refractivity contribution in [2.24, 2.45) is 17.8 Å². The van der Waals surface area contributed by atoms with Crippen LogP contribution in [0.1, 0.15) is 41.9 Å². The molecule has 25 heavy (non-hydrogen) atoms. The van der Waals surface area contributed by atoms with Crippen LogP contribution in [0.3, 0.4) is 0 Å². The van der Waals surface area contributed by atoms with E-state index >= 15 is 0 Å². The van der Waals surface area contributed by atoms with Gasteiger partial charge in [0.05, 0.1) is 5.69 Å². The van der Waals surface area contributed by atoms with Gasteiger partial charge in [-0.1, -0.05) is 32.0 Å². The summed E-state index contributed by atoms with van der Waals surface area (Å²) in [5.74, 6) is 0.477. The maximum Gasteiger partial charge on any atom is 0.193 e. The van der Waals surface area contributed by atoms with E-state index in [0.29, 0.717) is 12.5 Å². The Morgan fingerprint density at radius 3 is 2.28 bits per heavy atom. The second kappa shape index (κ2) is 9.79. The van der Waals surface area contributed by atoms with E-state index in [2.05, 4.69) is 54.4 Å². The van der Waals surface area contributed by atoms with Gasteiger partial charge in [0.25, 0.3) is 0 Å². The summed E-state index contributed by atoms with van der Waals surface area (Å²) >= 11 is 0. The number of guanidine groups is 1. The van der Waals surface area contributed by atoms with Crippen LogP contribution in [0, 0.1) is 13.8 Å². The average Bonchev–Trinajstić information content (AvgIpc) is 2.81. The molecule has 0 fully saturated rings. The van der Waals surface area contributed by atoms with Crippen LogP contribution in [0.5, 0.6) is 0 Å². The minimum atomic E-state index is 0. The summed E-state index contributed by atoms with van der Waals surface area (Å²) in [5, 5.41) is 7.75. The van der Waals surface area contributed by atoms with Crippen LogP contribution >= 0.6 is 24.0 Å². The van der Waals surface area contributed by atoms with Gasteiger partial charge in [-0.15, -0.1) is 24.0 Å². The number of aryl methyl sites for hydroxylation is 4. The van der Waals surface area contributed by atoms with Crippen molar-refractivity contribution in [3.63, 3.8) is 0 Å². The molecule has 0 amide bonds. The molecule has 1 heterocycles. The molecule has 0 aliphatic rings. The molecule has 6 heteroatoms. The Bertz CT molecular complexity index is 711. The van der Waals surface area contributed by atoms with E-state index in [9.17, 15) is 0 Å². The smallest absolute Gasteiger partial charge is 0.193 e. The van der Waals surface area contributed by atoms with E-state index in [1.165, 1.54) is 22.4 Å². The van der Waals surface area contributed by atoms with Crippen molar-refractivity contribution in [3.05, 3.63) is 46.3 Å². The molecule has 0 bridgehead atoms. The molecule has 1 aromatic carbocycles. The minimum absolute atomic E-state index is 0. The highest BCUT2D eigenvalue weighted by molar-refractivity contribution is 14.0. The lowest BCUT2D eigenvalue weighted by Gasteiger charge is -2.14. The Hall–Kier alpha value is -1.57. The number of para-hydroxylation sites is 1. The number of benzene rings is 1. The lowest BCUT2D eigenvalue weighted by Crippen LogP contribution is -2.24. The SMILES string of the molecule is CCc1cccc(CC)c1NC(N)=NCCc1c(C)nn(C)c1C.I. The van der Waals surface area contributed by atoms with Crippen LogP contribution in [-0.4, -0.2) is 22.3 Å². The number of aromatic nitrogens is 2. The summed E-state index contributed by atoms with van der Waals surface area (Å²) in [6.45, 7) is 9.09. The molecule has 2 rings (SSSR count). The second-order valence-corrected chi connectivity index (χ2v) is 6.07. The van der Waals surface area contributed by atoms with E-state index in [1.807, 2.05) is 18.7 Å². The van der Waals surface area contributed by atoms with Gasteiger partial charge in [-0.25, -0.2) is 0 Å². The summed E-state index contributed by atoms with van der Waals surface area (Å²) in [4.78, 5) is 4.50. The van der Waals surface area contributed by atoms with Crippen molar-refractivity contribution >= 4 is 35.6 Å². The van der Waals surface area contributed by atoms with E-state index in [4.69, 9.17) is 5.73 Å². The fourth-order valence-electron chi connectivity index (χ4n) is 3.04. The van der Waals surface area contributed by atoms with E-state index in [-0.39, 0.29) is 24.0 Å². The van der Waals surface area contributed by atoms with Gasteiger partial charge in [-0.3, -0.25) is 9.67 Å². The topological polar surface area (TPSA) is 68.2 Å². The summed E-state index contributed by atoms with van der Waals surface area (Å²) in [5.41, 5.74) is 13.3. The van der Waals surface area contributed by atoms with Crippen LogP contribution < -0.4 is 11.1 Å². The van der Waals surface area contributed by atoms with E-state index < -0.39 is 0 Å².